The van der Waals surface area contributed by atoms with Crippen LogP contribution in [0.3, 0.4) is 0 Å². The second-order valence-electron chi connectivity index (χ2n) is 5.34. The van der Waals surface area contributed by atoms with Crippen molar-refractivity contribution in [1.29, 1.82) is 0 Å². The molecule has 1 N–H and O–H groups in total. The number of benzene rings is 2. The van der Waals surface area contributed by atoms with E-state index in [4.69, 9.17) is 21.1 Å². The largest absolute Gasteiger partial charge is 0.482 e. The van der Waals surface area contributed by atoms with Crippen molar-refractivity contribution in [2.75, 3.05) is 6.61 Å². The third-order valence-electron chi connectivity index (χ3n) is 3.49. The molecule has 7 heteroatoms. The summed E-state index contributed by atoms with van der Waals surface area (Å²) in [5.74, 6) is 0.216. The van der Waals surface area contributed by atoms with Gasteiger partial charge in [0.1, 0.15) is 5.75 Å². The van der Waals surface area contributed by atoms with Crippen molar-refractivity contribution in [1.82, 2.24) is 9.97 Å². The predicted octanol–water partition coefficient (Wildman–Crippen LogP) is 3.26. The molecule has 128 valence electrons. The summed E-state index contributed by atoms with van der Waals surface area (Å²) in [5, 5.41) is 1.06. The number of aromatic nitrogens is 2. The third kappa shape index (κ3) is 4.16. The van der Waals surface area contributed by atoms with E-state index in [1.807, 2.05) is 0 Å². The number of carbonyl (C=O) groups is 1. The van der Waals surface area contributed by atoms with Crippen LogP contribution in [0.1, 0.15) is 18.9 Å². The lowest BCUT2D eigenvalue weighted by atomic mass is 10.2. The average molecular weight is 359 g/mol. The summed E-state index contributed by atoms with van der Waals surface area (Å²) in [7, 11) is 0. The molecule has 1 aromatic heterocycles. The quantitative estimate of drug-likeness (QED) is 0.708. The van der Waals surface area contributed by atoms with Crippen LogP contribution in [0.25, 0.3) is 10.9 Å². The van der Waals surface area contributed by atoms with Gasteiger partial charge in [0.25, 0.3) is 5.56 Å². The molecule has 6 nitrogen and oxygen atoms in total. The molecule has 0 saturated heterocycles. The molecule has 3 aromatic rings. The smallest absolute Gasteiger partial charge is 0.344 e. The highest BCUT2D eigenvalue weighted by Crippen LogP contribution is 2.17. The van der Waals surface area contributed by atoms with Gasteiger partial charge < -0.3 is 14.5 Å². The molecule has 2 aromatic carbocycles. The molecule has 1 atom stereocenters. The fourth-order valence-electron chi connectivity index (χ4n) is 2.26. The highest BCUT2D eigenvalue weighted by atomic mass is 35.5. The molecule has 0 aliphatic rings. The Kier molecular flexibility index (Phi) is 5.00. The monoisotopic (exact) mass is 358 g/mol. The van der Waals surface area contributed by atoms with Gasteiger partial charge in [0.2, 0.25) is 0 Å². The van der Waals surface area contributed by atoms with Crippen LogP contribution < -0.4 is 10.3 Å². The SMILES string of the molecule is C[C@H](OC(=O)COc1ccc(Cl)cc1)c1nc2ccccc2c(=O)[nH]1. The molecular weight excluding hydrogens is 344 g/mol. The number of carbonyl (C=O) groups excluding carboxylic acids is 1. The summed E-state index contributed by atoms with van der Waals surface area (Å²) in [5.41, 5.74) is 0.266. The first-order valence-corrected chi connectivity index (χ1v) is 7.97. The van der Waals surface area contributed by atoms with Crippen LogP contribution in [-0.4, -0.2) is 22.5 Å². The number of fused-ring (bicyclic) bond motifs is 1. The van der Waals surface area contributed by atoms with Gasteiger partial charge in [-0.2, -0.15) is 0 Å². The van der Waals surface area contributed by atoms with Crippen LogP contribution in [0.5, 0.6) is 5.75 Å². The summed E-state index contributed by atoms with van der Waals surface area (Å²) < 4.78 is 10.6. The van der Waals surface area contributed by atoms with Crippen molar-refractivity contribution < 1.29 is 14.3 Å². The van der Waals surface area contributed by atoms with Crippen molar-refractivity contribution in [3.63, 3.8) is 0 Å². The molecule has 0 aliphatic carbocycles. The van der Waals surface area contributed by atoms with Crippen LogP contribution in [0.4, 0.5) is 0 Å². The maximum Gasteiger partial charge on any atom is 0.344 e. The van der Waals surface area contributed by atoms with Gasteiger partial charge in [0.05, 0.1) is 10.9 Å². The van der Waals surface area contributed by atoms with E-state index in [1.165, 1.54) is 0 Å². The fraction of sp³-hybridized carbons (Fsp3) is 0.167. The number of nitrogens with zero attached hydrogens (tertiary/aromatic N) is 1. The Morgan fingerprint density at radius 1 is 1.20 bits per heavy atom. The van der Waals surface area contributed by atoms with E-state index in [0.29, 0.717) is 21.7 Å². The van der Waals surface area contributed by atoms with Crippen LogP contribution >= 0.6 is 11.6 Å². The van der Waals surface area contributed by atoms with E-state index in [-0.39, 0.29) is 18.0 Å². The minimum atomic E-state index is -0.710. The standard InChI is InChI=1S/C18H15ClN2O4/c1-11(17-20-15-5-3-2-4-14(15)18(23)21-17)25-16(22)10-24-13-8-6-12(19)7-9-13/h2-9,11H,10H2,1H3,(H,20,21,23)/t11-/m0/s1. The molecule has 25 heavy (non-hydrogen) atoms. The summed E-state index contributed by atoms with van der Waals surface area (Å²) >= 11 is 5.78. The molecule has 0 amide bonds. The predicted molar refractivity (Wildman–Crippen MR) is 93.8 cm³/mol. The summed E-state index contributed by atoms with van der Waals surface area (Å²) in [4.78, 5) is 30.9. The zero-order valence-corrected chi connectivity index (χ0v) is 14.1. The molecule has 0 saturated carbocycles. The van der Waals surface area contributed by atoms with Crippen LogP contribution in [0, 0.1) is 0 Å². The number of nitrogens with one attached hydrogen (secondary N) is 1. The second-order valence-corrected chi connectivity index (χ2v) is 5.78. The molecule has 0 radical (unpaired) electrons. The zero-order chi connectivity index (χ0) is 17.8. The lowest BCUT2D eigenvalue weighted by Crippen LogP contribution is -2.20. The van der Waals surface area contributed by atoms with Gasteiger partial charge in [-0.1, -0.05) is 23.7 Å². The summed E-state index contributed by atoms with van der Waals surface area (Å²) in [6.07, 6.45) is -0.710. The van der Waals surface area contributed by atoms with Crippen molar-refractivity contribution in [3.05, 3.63) is 69.7 Å². The molecule has 0 aliphatic heterocycles. The Hall–Kier alpha value is -2.86. The number of para-hydroxylation sites is 1. The topological polar surface area (TPSA) is 81.3 Å². The average Bonchev–Trinajstić information content (AvgIpc) is 2.61. The molecule has 0 bridgehead atoms. The number of ether oxygens (including phenoxy) is 2. The highest BCUT2D eigenvalue weighted by molar-refractivity contribution is 6.30. The fourth-order valence-corrected chi connectivity index (χ4v) is 2.38. The van der Waals surface area contributed by atoms with Gasteiger partial charge in [0, 0.05) is 5.02 Å². The summed E-state index contributed by atoms with van der Waals surface area (Å²) in [6.45, 7) is 1.37. The van der Waals surface area contributed by atoms with Crippen molar-refractivity contribution >= 4 is 28.5 Å². The number of esters is 1. The number of halogens is 1. The van der Waals surface area contributed by atoms with Crippen molar-refractivity contribution in [3.8, 4) is 5.75 Å². The maximum absolute atomic E-state index is 12.1. The Morgan fingerprint density at radius 2 is 1.92 bits per heavy atom. The van der Waals surface area contributed by atoms with E-state index in [0.717, 1.165) is 0 Å². The van der Waals surface area contributed by atoms with Gasteiger partial charge in [0.15, 0.2) is 18.5 Å². The highest BCUT2D eigenvalue weighted by Gasteiger charge is 2.16. The first-order valence-electron chi connectivity index (χ1n) is 7.60. The molecule has 0 spiro atoms. The van der Waals surface area contributed by atoms with E-state index >= 15 is 0 Å². The van der Waals surface area contributed by atoms with E-state index in [2.05, 4.69) is 9.97 Å². The number of H-pyrrole nitrogens is 1. The lowest BCUT2D eigenvalue weighted by molar-refractivity contribution is -0.151. The van der Waals surface area contributed by atoms with Crippen LogP contribution in [0.15, 0.2) is 53.3 Å². The minimum Gasteiger partial charge on any atom is -0.482 e. The minimum absolute atomic E-state index is 0.260. The number of aromatic amines is 1. The van der Waals surface area contributed by atoms with Crippen LogP contribution in [-0.2, 0) is 9.53 Å². The number of hydrogen-bond donors (Lipinski definition) is 1. The van der Waals surface area contributed by atoms with Gasteiger partial charge in [-0.3, -0.25) is 4.79 Å². The van der Waals surface area contributed by atoms with Gasteiger partial charge in [-0.15, -0.1) is 0 Å². The number of rotatable bonds is 5. The second kappa shape index (κ2) is 7.36. The molecule has 0 fully saturated rings. The lowest BCUT2D eigenvalue weighted by Gasteiger charge is -2.13. The Labute approximate surface area is 148 Å². The van der Waals surface area contributed by atoms with Crippen molar-refractivity contribution in [2.45, 2.75) is 13.0 Å². The van der Waals surface area contributed by atoms with Gasteiger partial charge >= 0.3 is 5.97 Å². The van der Waals surface area contributed by atoms with E-state index in [1.54, 1.807) is 55.5 Å². The first-order chi connectivity index (χ1) is 12.0. The van der Waals surface area contributed by atoms with Crippen molar-refractivity contribution in [2.24, 2.45) is 0 Å². The summed E-state index contributed by atoms with van der Waals surface area (Å²) in [6, 6.07) is 13.6. The maximum atomic E-state index is 12.1. The molecular formula is C18H15ClN2O4. The Morgan fingerprint density at radius 3 is 2.68 bits per heavy atom. The molecule has 0 unspecified atom stereocenters. The normalized spacial score (nSPS) is 11.9. The van der Waals surface area contributed by atoms with Crippen LogP contribution in [0.2, 0.25) is 5.02 Å². The van der Waals surface area contributed by atoms with Gasteiger partial charge in [-0.05, 0) is 43.3 Å². The molecule has 3 rings (SSSR count). The Balaban J connectivity index is 1.65. The first kappa shape index (κ1) is 17.0. The Bertz CT molecular complexity index is 953. The number of hydrogen-bond acceptors (Lipinski definition) is 5. The molecule has 1 heterocycles. The van der Waals surface area contributed by atoms with E-state index < -0.39 is 12.1 Å². The van der Waals surface area contributed by atoms with E-state index in [9.17, 15) is 9.59 Å². The third-order valence-corrected chi connectivity index (χ3v) is 3.75. The van der Waals surface area contributed by atoms with Gasteiger partial charge in [-0.25, -0.2) is 9.78 Å². The zero-order valence-electron chi connectivity index (χ0n) is 13.4.